The monoisotopic (exact) mass is 234 g/mol. The van der Waals surface area contributed by atoms with Crippen molar-refractivity contribution in [2.24, 2.45) is 0 Å². The summed E-state index contributed by atoms with van der Waals surface area (Å²) in [6.07, 6.45) is 12.4. The van der Waals surface area contributed by atoms with Gasteiger partial charge in [0, 0.05) is 26.2 Å². The van der Waals surface area contributed by atoms with Crippen molar-refractivity contribution in [1.29, 1.82) is 0 Å². The minimum atomic E-state index is 0.928. The Labute approximate surface area is 107 Å². The molecule has 0 aromatic heterocycles. The van der Waals surface area contributed by atoms with Gasteiger partial charge in [0.1, 0.15) is 0 Å². The van der Waals surface area contributed by atoms with Crippen molar-refractivity contribution in [3.8, 4) is 0 Å². The first kappa shape index (κ1) is 15.9. The van der Waals surface area contributed by atoms with Crippen LogP contribution in [-0.2, 0) is 0 Å². The Morgan fingerprint density at radius 2 is 1.47 bits per heavy atom. The first-order chi connectivity index (χ1) is 8.24. The summed E-state index contributed by atoms with van der Waals surface area (Å²) in [5.74, 6) is 0. The van der Waals surface area contributed by atoms with E-state index in [-0.39, 0.29) is 0 Å². The molecule has 0 aliphatic heterocycles. The first-order valence-corrected chi connectivity index (χ1v) is 6.18. The fourth-order valence-corrected chi connectivity index (χ4v) is 1.42. The summed E-state index contributed by atoms with van der Waals surface area (Å²) < 4.78 is 0. The molecule has 2 heteroatoms. The maximum absolute atomic E-state index is 3.75. The van der Waals surface area contributed by atoms with Crippen LogP contribution >= 0.6 is 0 Å². The molecule has 0 N–H and O–H groups in total. The lowest BCUT2D eigenvalue weighted by Crippen LogP contribution is -2.23. The van der Waals surface area contributed by atoms with E-state index in [2.05, 4.69) is 61.2 Å². The van der Waals surface area contributed by atoms with E-state index in [1.165, 1.54) is 0 Å². The van der Waals surface area contributed by atoms with Crippen molar-refractivity contribution in [3.63, 3.8) is 0 Å². The van der Waals surface area contributed by atoms with Crippen molar-refractivity contribution in [3.05, 3.63) is 49.6 Å². The molecule has 0 saturated heterocycles. The number of hydrogen-bond acceptors (Lipinski definition) is 2. The molecule has 0 radical (unpaired) electrons. The molecule has 17 heavy (non-hydrogen) atoms. The Balaban J connectivity index is 3.74. The van der Waals surface area contributed by atoms with Crippen LogP contribution in [-0.4, -0.2) is 49.6 Å². The van der Waals surface area contributed by atoms with Crippen molar-refractivity contribution < 1.29 is 0 Å². The van der Waals surface area contributed by atoms with Gasteiger partial charge in [-0.25, -0.2) is 0 Å². The minimum absolute atomic E-state index is 0.928. The van der Waals surface area contributed by atoms with Crippen LogP contribution in [0.15, 0.2) is 49.6 Å². The zero-order valence-electron chi connectivity index (χ0n) is 11.3. The molecule has 0 fully saturated rings. The standard InChI is InChI=1S/C15H26N2/c1-5-12-16(4)14-10-8-9-11-15-17(7-3)13-6-2/h5-6,8-11H,1-2,7,12-15H2,3-4H3/b10-8+,11-9+. The van der Waals surface area contributed by atoms with Crippen LogP contribution in [0.4, 0.5) is 0 Å². The summed E-state index contributed by atoms with van der Waals surface area (Å²) in [6, 6.07) is 0. The summed E-state index contributed by atoms with van der Waals surface area (Å²) in [5, 5.41) is 0. The zero-order chi connectivity index (χ0) is 12.9. The molecule has 0 amide bonds. The van der Waals surface area contributed by atoms with Crippen LogP contribution in [0.1, 0.15) is 6.92 Å². The van der Waals surface area contributed by atoms with E-state index in [9.17, 15) is 0 Å². The summed E-state index contributed by atoms with van der Waals surface area (Å²) in [5.41, 5.74) is 0. The number of hydrogen-bond donors (Lipinski definition) is 0. The lowest BCUT2D eigenvalue weighted by Gasteiger charge is -2.15. The molecular formula is C15H26N2. The van der Waals surface area contributed by atoms with E-state index < -0.39 is 0 Å². The molecule has 0 atom stereocenters. The van der Waals surface area contributed by atoms with Gasteiger partial charge in [0.05, 0.1) is 0 Å². The molecule has 0 saturated carbocycles. The third kappa shape index (κ3) is 9.79. The van der Waals surface area contributed by atoms with E-state index in [0.29, 0.717) is 0 Å². The fourth-order valence-electron chi connectivity index (χ4n) is 1.42. The number of likely N-dealkylation sites (N-methyl/N-ethyl adjacent to an activating group) is 2. The Bertz CT molecular complexity index is 254. The quantitative estimate of drug-likeness (QED) is 0.423. The molecule has 0 heterocycles. The van der Waals surface area contributed by atoms with Crippen LogP contribution in [0, 0.1) is 0 Å². The SMILES string of the molecule is C=CCN(C)C/C=C/C=C/CN(CC)CC=C. The third-order valence-corrected chi connectivity index (χ3v) is 2.44. The number of allylic oxidation sites excluding steroid dienone is 2. The Morgan fingerprint density at radius 3 is 2.00 bits per heavy atom. The molecule has 0 unspecified atom stereocenters. The van der Waals surface area contributed by atoms with E-state index in [4.69, 9.17) is 0 Å². The lowest BCUT2D eigenvalue weighted by molar-refractivity contribution is 0.354. The highest BCUT2D eigenvalue weighted by molar-refractivity contribution is 5.04. The van der Waals surface area contributed by atoms with E-state index in [0.717, 1.165) is 32.7 Å². The fraction of sp³-hybridized carbons (Fsp3) is 0.467. The lowest BCUT2D eigenvalue weighted by atomic mass is 10.3. The maximum atomic E-state index is 3.75. The number of nitrogens with zero attached hydrogens (tertiary/aromatic N) is 2. The molecule has 0 aliphatic carbocycles. The summed E-state index contributed by atoms with van der Waals surface area (Å²) in [6.45, 7) is 14.5. The highest BCUT2D eigenvalue weighted by Crippen LogP contribution is 1.90. The summed E-state index contributed by atoms with van der Waals surface area (Å²) >= 11 is 0. The predicted molar refractivity (Wildman–Crippen MR) is 78.3 cm³/mol. The van der Waals surface area contributed by atoms with Crippen LogP contribution < -0.4 is 0 Å². The molecule has 2 nitrogen and oxygen atoms in total. The van der Waals surface area contributed by atoms with Gasteiger partial charge in [0.25, 0.3) is 0 Å². The molecular weight excluding hydrogens is 208 g/mol. The highest BCUT2D eigenvalue weighted by Gasteiger charge is 1.93. The molecule has 0 aliphatic rings. The van der Waals surface area contributed by atoms with Crippen molar-refractivity contribution in [2.45, 2.75) is 6.92 Å². The molecule has 0 rings (SSSR count). The van der Waals surface area contributed by atoms with Crippen LogP contribution in [0.3, 0.4) is 0 Å². The average molecular weight is 234 g/mol. The topological polar surface area (TPSA) is 6.48 Å². The smallest absolute Gasteiger partial charge is 0.0169 e. The summed E-state index contributed by atoms with van der Waals surface area (Å²) in [7, 11) is 2.08. The largest absolute Gasteiger partial charge is 0.299 e. The molecule has 0 aromatic carbocycles. The second kappa shape index (κ2) is 11.4. The molecule has 0 aromatic rings. The van der Waals surface area contributed by atoms with Gasteiger partial charge < -0.3 is 0 Å². The van der Waals surface area contributed by atoms with Gasteiger partial charge >= 0.3 is 0 Å². The van der Waals surface area contributed by atoms with E-state index >= 15 is 0 Å². The van der Waals surface area contributed by atoms with E-state index in [1.54, 1.807) is 0 Å². The Hall–Kier alpha value is -1.12. The van der Waals surface area contributed by atoms with Gasteiger partial charge in [-0.1, -0.05) is 43.4 Å². The second-order valence-corrected chi connectivity index (χ2v) is 4.01. The molecule has 0 spiro atoms. The van der Waals surface area contributed by atoms with Crippen LogP contribution in [0.25, 0.3) is 0 Å². The normalized spacial score (nSPS) is 12.0. The van der Waals surface area contributed by atoms with Gasteiger partial charge in [0.2, 0.25) is 0 Å². The van der Waals surface area contributed by atoms with E-state index in [1.807, 2.05) is 12.2 Å². The average Bonchev–Trinajstić information content (AvgIpc) is 2.32. The van der Waals surface area contributed by atoms with Gasteiger partial charge in [0.15, 0.2) is 0 Å². The van der Waals surface area contributed by atoms with Crippen molar-refractivity contribution >= 4 is 0 Å². The molecule has 0 bridgehead atoms. The minimum Gasteiger partial charge on any atom is -0.299 e. The van der Waals surface area contributed by atoms with Crippen LogP contribution in [0.2, 0.25) is 0 Å². The number of rotatable bonds is 10. The maximum Gasteiger partial charge on any atom is 0.0169 e. The summed E-state index contributed by atoms with van der Waals surface area (Å²) in [4.78, 5) is 4.52. The predicted octanol–water partition coefficient (Wildman–Crippen LogP) is 2.72. The Morgan fingerprint density at radius 1 is 0.882 bits per heavy atom. The third-order valence-electron chi connectivity index (χ3n) is 2.44. The van der Waals surface area contributed by atoms with Gasteiger partial charge in [-0.3, -0.25) is 9.80 Å². The van der Waals surface area contributed by atoms with Gasteiger partial charge in [-0.15, -0.1) is 13.2 Å². The first-order valence-electron chi connectivity index (χ1n) is 6.18. The Kier molecular flexibility index (Phi) is 10.6. The van der Waals surface area contributed by atoms with Crippen molar-refractivity contribution in [1.82, 2.24) is 9.80 Å². The highest BCUT2D eigenvalue weighted by atomic mass is 15.1. The van der Waals surface area contributed by atoms with Gasteiger partial charge in [-0.05, 0) is 13.6 Å². The second-order valence-electron chi connectivity index (χ2n) is 4.01. The van der Waals surface area contributed by atoms with Crippen LogP contribution in [0.5, 0.6) is 0 Å². The molecule has 96 valence electrons. The van der Waals surface area contributed by atoms with Gasteiger partial charge in [-0.2, -0.15) is 0 Å². The van der Waals surface area contributed by atoms with Crippen molar-refractivity contribution in [2.75, 3.05) is 39.8 Å². The zero-order valence-corrected chi connectivity index (χ0v) is 11.3.